The largest absolute Gasteiger partial charge is 0.394 e. The highest BCUT2D eigenvalue weighted by Gasteiger charge is 2.51. The lowest BCUT2D eigenvalue weighted by Crippen LogP contribution is -2.65. The second kappa shape index (κ2) is 60.8. The first kappa shape index (κ1) is 84.3. The van der Waals surface area contributed by atoms with Gasteiger partial charge in [0, 0.05) is 6.42 Å². The van der Waals surface area contributed by atoms with Gasteiger partial charge < -0.3 is 65.1 Å². The third-order valence-corrected chi connectivity index (χ3v) is 17.8. The van der Waals surface area contributed by atoms with Crippen molar-refractivity contribution in [2.75, 3.05) is 19.8 Å². The summed E-state index contributed by atoms with van der Waals surface area (Å²) in [6.07, 6.45) is 67.9. The molecule has 2 rings (SSSR count). The number of amides is 1. The van der Waals surface area contributed by atoms with Gasteiger partial charge in [0.15, 0.2) is 12.6 Å². The van der Waals surface area contributed by atoms with E-state index in [-0.39, 0.29) is 18.9 Å². The van der Waals surface area contributed by atoms with Crippen molar-refractivity contribution < 1.29 is 64.6 Å². The molecule has 12 unspecified atom stereocenters. The van der Waals surface area contributed by atoms with Crippen LogP contribution in [0.4, 0.5) is 0 Å². The number of aliphatic hydroxyl groups is 8. The van der Waals surface area contributed by atoms with E-state index in [4.69, 9.17) is 18.9 Å². The SMILES string of the molecule is CC/C=C\C/C=C\C/C=C\C/C=C\C/C=C\CCCCCCCCCCCCCCCCCCCC(=O)NC(COC1OC(CO)C(OC2OC(CO)C(O)C(O)C2O)C(O)C1O)C(O)/C=C/CC/C=C/CCCCCCCCCCCCCCCCCCCC. The lowest BCUT2D eigenvalue weighted by Gasteiger charge is -2.46. The van der Waals surface area contributed by atoms with E-state index in [1.165, 1.54) is 205 Å². The molecule has 0 bridgehead atoms. The van der Waals surface area contributed by atoms with Crippen molar-refractivity contribution in [1.29, 1.82) is 0 Å². The quantitative estimate of drug-likeness (QED) is 0.0204. The topological polar surface area (TPSA) is 228 Å². The summed E-state index contributed by atoms with van der Waals surface area (Å²) in [6.45, 7) is 2.70. The third-order valence-electron chi connectivity index (χ3n) is 17.8. The summed E-state index contributed by atoms with van der Waals surface area (Å²) in [6, 6.07) is -0.936. The van der Waals surface area contributed by atoms with Gasteiger partial charge in [-0.05, 0) is 77.0 Å². The second-order valence-corrected chi connectivity index (χ2v) is 26.0. The molecule has 14 nitrogen and oxygen atoms in total. The third kappa shape index (κ3) is 44.5. The molecular formula is C77H137NO13. The van der Waals surface area contributed by atoms with Gasteiger partial charge in [0.05, 0.1) is 32.0 Å². The molecule has 528 valence electrons. The molecule has 0 saturated carbocycles. The molecule has 0 aromatic rings. The zero-order valence-corrected chi connectivity index (χ0v) is 57.6. The van der Waals surface area contributed by atoms with Gasteiger partial charge >= 0.3 is 0 Å². The fraction of sp³-hybridized carbons (Fsp3) is 0.805. The first-order valence-corrected chi connectivity index (χ1v) is 37.3. The molecule has 9 N–H and O–H groups in total. The number of carbonyl (C=O) groups is 1. The predicted octanol–water partition coefficient (Wildman–Crippen LogP) is 16.0. The maximum atomic E-state index is 13.4. The number of nitrogens with one attached hydrogen (secondary N) is 1. The summed E-state index contributed by atoms with van der Waals surface area (Å²) < 4.78 is 22.9. The number of carbonyl (C=O) groups excluding carboxylic acids is 1. The van der Waals surface area contributed by atoms with Crippen LogP contribution in [0.15, 0.2) is 85.1 Å². The van der Waals surface area contributed by atoms with Crippen molar-refractivity contribution in [3.8, 4) is 0 Å². The molecule has 12 atom stereocenters. The summed E-state index contributed by atoms with van der Waals surface area (Å²) in [5.74, 6) is -0.247. The van der Waals surface area contributed by atoms with Crippen LogP contribution >= 0.6 is 0 Å². The number of hydrogen-bond donors (Lipinski definition) is 9. The Hall–Kier alpha value is -2.83. The highest BCUT2D eigenvalue weighted by molar-refractivity contribution is 5.76. The Labute approximate surface area is 554 Å². The molecule has 0 aromatic carbocycles. The van der Waals surface area contributed by atoms with Crippen molar-refractivity contribution in [1.82, 2.24) is 5.32 Å². The van der Waals surface area contributed by atoms with Crippen molar-refractivity contribution in [3.63, 3.8) is 0 Å². The van der Waals surface area contributed by atoms with E-state index in [0.717, 1.165) is 64.2 Å². The van der Waals surface area contributed by atoms with Crippen molar-refractivity contribution in [2.24, 2.45) is 0 Å². The Bertz CT molecular complexity index is 1850. The van der Waals surface area contributed by atoms with Crippen LogP contribution in [0.5, 0.6) is 0 Å². The molecule has 0 radical (unpaired) electrons. The van der Waals surface area contributed by atoms with Gasteiger partial charge in [-0.3, -0.25) is 4.79 Å². The molecule has 2 aliphatic heterocycles. The lowest BCUT2D eigenvalue weighted by atomic mass is 9.97. The molecule has 0 spiro atoms. The van der Waals surface area contributed by atoms with Crippen LogP contribution in [0.1, 0.15) is 303 Å². The number of rotatable bonds is 61. The minimum Gasteiger partial charge on any atom is -0.394 e. The molecule has 1 amide bonds. The van der Waals surface area contributed by atoms with E-state index in [1.54, 1.807) is 6.08 Å². The zero-order chi connectivity index (χ0) is 65.9. The van der Waals surface area contributed by atoms with Gasteiger partial charge in [-0.2, -0.15) is 0 Å². The van der Waals surface area contributed by atoms with Crippen LogP contribution in [-0.4, -0.2) is 140 Å². The molecule has 2 heterocycles. The molecule has 2 aliphatic rings. The van der Waals surface area contributed by atoms with Gasteiger partial charge in [-0.15, -0.1) is 0 Å². The van der Waals surface area contributed by atoms with E-state index in [9.17, 15) is 45.6 Å². The second-order valence-electron chi connectivity index (χ2n) is 26.0. The molecule has 2 saturated heterocycles. The molecule has 2 fully saturated rings. The maximum absolute atomic E-state index is 13.4. The van der Waals surface area contributed by atoms with Crippen LogP contribution in [-0.2, 0) is 23.7 Å². The first-order valence-electron chi connectivity index (χ1n) is 37.3. The van der Waals surface area contributed by atoms with Crippen molar-refractivity contribution in [3.05, 3.63) is 85.1 Å². The monoisotopic (exact) mass is 1280 g/mol. The van der Waals surface area contributed by atoms with E-state index < -0.39 is 86.8 Å². The van der Waals surface area contributed by atoms with Crippen LogP contribution in [0.3, 0.4) is 0 Å². The number of allylic oxidation sites excluding steroid dienone is 13. The normalized spacial score (nSPS) is 23.3. The number of ether oxygens (including phenoxy) is 4. The van der Waals surface area contributed by atoms with Crippen LogP contribution in [0.25, 0.3) is 0 Å². The Kier molecular flexibility index (Phi) is 56.3. The Balaban J connectivity index is 1.65. The van der Waals surface area contributed by atoms with Crippen LogP contribution < -0.4 is 5.32 Å². The Morgan fingerprint density at radius 2 is 0.769 bits per heavy atom. The van der Waals surface area contributed by atoms with Crippen LogP contribution in [0, 0.1) is 0 Å². The van der Waals surface area contributed by atoms with E-state index >= 15 is 0 Å². The number of aliphatic hydroxyl groups excluding tert-OH is 8. The first-order chi connectivity index (χ1) is 44.6. The van der Waals surface area contributed by atoms with Gasteiger partial charge in [0.25, 0.3) is 0 Å². The summed E-state index contributed by atoms with van der Waals surface area (Å²) in [4.78, 5) is 13.4. The average Bonchev–Trinajstić information content (AvgIpc) is 1.28. The maximum Gasteiger partial charge on any atom is 0.220 e. The fourth-order valence-corrected chi connectivity index (χ4v) is 11.9. The lowest BCUT2D eigenvalue weighted by molar-refractivity contribution is -0.359. The van der Waals surface area contributed by atoms with Crippen molar-refractivity contribution in [2.45, 2.75) is 376 Å². The summed E-state index contributed by atoms with van der Waals surface area (Å²) in [5, 5.41) is 87.5. The minimum absolute atomic E-state index is 0.247. The van der Waals surface area contributed by atoms with Gasteiger partial charge in [0.1, 0.15) is 48.8 Å². The van der Waals surface area contributed by atoms with Gasteiger partial charge in [-0.25, -0.2) is 0 Å². The summed E-state index contributed by atoms with van der Waals surface area (Å²) >= 11 is 0. The molecule has 0 aliphatic carbocycles. The summed E-state index contributed by atoms with van der Waals surface area (Å²) in [7, 11) is 0. The minimum atomic E-state index is -1.79. The Morgan fingerprint density at radius 3 is 1.21 bits per heavy atom. The zero-order valence-electron chi connectivity index (χ0n) is 57.6. The van der Waals surface area contributed by atoms with E-state index in [0.29, 0.717) is 12.8 Å². The molecule has 91 heavy (non-hydrogen) atoms. The van der Waals surface area contributed by atoms with Crippen LogP contribution in [0.2, 0.25) is 0 Å². The molecule has 14 heteroatoms. The smallest absolute Gasteiger partial charge is 0.220 e. The molecular weight excluding hydrogens is 1150 g/mol. The Morgan fingerprint density at radius 1 is 0.407 bits per heavy atom. The van der Waals surface area contributed by atoms with Crippen molar-refractivity contribution >= 4 is 5.91 Å². The molecule has 0 aromatic heterocycles. The highest BCUT2D eigenvalue weighted by atomic mass is 16.7. The standard InChI is InChI=1S/C77H137NO13/c1-3-5-7-9-11-13-15-17-19-21-23-25-27-29-30-31-32-33-34-35-36-37-39-41-43-45-47-49-51-53-55-57-59-61-69(82)78-65(64-88-76-74(87)72(85)75(68(63-80)90-76)91-77-73(86)71(84)70(83)67(62-79)89-77)66(81)60-58-56-54-52-50-48-46-44-42-40-38-28-26-24-22-20-18-16-14-12-10-8-6-4-2/h5,7,11,13,17,19,23,25,29-30,50,52,58,60,65-68,70-77,79-81,83-87H,3-4,6,8-10,12,14-16,18,20-22,24,26-28,31-49,51,53-57,59,61-64H2,1-2H3,(H,78,82)/b7-5-,13-11-,19-17-,25-23-,30-29-,52-50+,60-58+. The highest BCUT2D eigenvalue weighted by Crippen LogP contribution is 2.30. The van der Waals surface area contributed by atoms with Gasteiger partial charge in [-0.1, -0.05) is 304 Å². The average molecular weight is 1280 g/mol. The van der Waals surface area contributed by atoms with E-state index in [1.807, 2.05) is 6.08 Å². The number of unbranched alkanes of at least 4 members (excludes halogenated alkanes) is 36. The predicted molar refractivity (Wildman–Crippen MR) is 373 cm³/mol. The van der Waals surface area contributed by atoms with Gasteiger partial charge in [0.2, 0.25) is 5.91 Å². The number of hydrogen-bond acceptors (Lipinski definition) is 13. The fourth-order valence-electron chi connectivity index (χ4n) is 11.9. The summed E-state index contributed by atoms with van der Waals surface area (Å²) in [5.41, 5.74) is 0. The van der Waals surface area contributed by atoms with E-state index in [2.05, 4.69) is 92.1 Å².